The molecule has 2 nitrogen and oxygen atoms in total. The number of methoxy groups -OCH3 is 1. The van der Waals surface area contributed by atoms with E-state index in [1.54, 1.807) is 7.11 Å². The van der Waals surface area contributed by atoms with Crippen molar-refractivity contribution in [2.75, 3.05) is 7.11 Å². The molecule has 1 saturated carbocycles. The molecule has 0 heterocycles. The fourth-order valence-corrected chi connectivity index (χ4v) is 2.02. The van der Waals surface area contributed by atoms with E-state index in [4.69, 9.17) is 4.74 Å². The van der Waals surface area contributed by atoms with Gasteiger partial charge in [0.25, 0.3) is 0 Å². The van der Waals surface area contributed by atoms with Crippen LogP contribution in [-0.2, 0) is 9.53 Å². The van der Waals surface area contributed by atoms with Crippen molar-refractivity contribution < 1.29 is 9.53 Å². The van der Waals surface area contributed by atoms with Crippen molar-refractivity contribution in [3.05, 3.63) is 0 Å². The Balaban J connectivity index is 2.70. The van der Waals surface area contributed by atoms with Gasteiger partial charge in [0.1, 0.15) is 5.78 Å². The van der Waals surface area contributed by atoms with E-state index in [0.717, 1.165) is 12.8 Å². The first-order chi connectivity index (χ1) is 5.21. The summed E-state index contributed by atoms with van der Waals surface area (Å²) in [5.74, 6) is 0.384. The summed E-state index contributed by atoms with van der Waals surface area (Å²) in [6.45, 7) is 4.12. The third-order valence-corrected chi connectivity index (χ3v) is 3.09. The van der Waals surface area contributed by atoms with Crippen LogP contribution in [0.15, 0.2) is 0 Å². The van der Waals surface area contributed by atoms with Crippen molar-refractivity contribution in [2.45, 2.75) is 39.2 Å². The van der Waals surface area contributed by atoms with Gasteiger partial charge in [-0.05, 0) is 12.8 Å². The Morgan fingerprint density at radius 2 is 2.09 bits per heavy atom. The van der Waals surface area contributed by atoms with Crippen LogP contribution >= 0.6 is 0 Å². The molecule has 0 unspecified atom stereocenters. The fourth-order valence-electron chi connectivity index (χ4n) is 2.02. The summed E-state index contributed by atoms with van der Waals surface area (Å²) in [4.78, 5) is 11.3. The minimum Gasteiger partial charge on any atom is -0.380 e. The van der Waals surface area contributed by atoms with Gasteiger partial charge in [-0.2, -0.15) is 0 Å². The summed E-state index contributed by atoms with van der Waals surface area (Å²) in [5, 5.41) is 0. The number of ether oxygens (including phenoxy) is 1. The van der Waals surface area contributed by atoms with Gasteiger partial charge in [0.2, 0.25) is 0 Å². The van der Waals surface area contributed by atoms with Crippen molar-refractivity contribution in [3.63, 3.8) is 0 Å². The third-order valence-electron chi connectivity index (χ3n) is 3.09. The van der Waals surface area contributed by atoms with Crippen LogP contribution in [0.4, 0.5) is 0 Å². The molecule has 1 atom stereocenters. The average Bonchev–Trinajstić information content (AvgIpc) is 2.02. The van der Waals surface area contributed by atoms with Crippen LogP contribution in [0.2, 0.25) is 0 Å². The van der Waals surface area contributed by atoms with E-state index < -0.39 is 0 Å². The lowest BCUT2D eigenvalue weighted by atomic mass is 9.61. The van der Waals surface area contributed by atoms with E-state index in [-0.39, 0.29) is 11.5 Å². The van der Waals surface area contributed by atoms with Gasteiger partial charge in [-0.1, -0.05) is 13.8 Å². The van der Waals surface area contributed by atoms with Gasteiger partial charge in [-0.3, -0.25) is 4.79 Å². The zero-order valence-electron chi connectivity index (χ0n) is 7.52. The van der Waals surface area contributed by atoms with E-state index in [2.05, 4.69) is 13.8 Å². The predicted molar refractivity (Wildman–Crippen MR) is 43.4 cm³/mol. The van der Waals surface area contributed by atoms with Crippen LogP contribution in [-0.4, -0.2) is 19.0 Å². The first-order valence-corrected chi connectivity index (χ1v) is 4.27. The molecule has 0 amide bonds. The SMILES string of the molecule is CCC1(CC)C(=O)C[C@@H]1OC. The summed E-state index contributed by atoms with van der Waals surface area (Å²) in [7, 11) is 1.69. The molecule has 0 N–H and O–H groups in total. The van der Waals surface area contributed by atoms with Crippen LogP contribution in [0.5, 0.6) is 0 Å². The number of hydrogen-bond acceptors (Lipinski definition) is 2. The summed E-state index contributed by atoms with van der Waals surface area (Å²) in [5.41, 5.74) is -0.130. The number of carbonyl (C=O) groups excluding carboxylic acids is 1. The molecular weight excluding hydrogens is 140 g/mol. The Hall–Kier alpha value is -0.370. The highest BCUT2D eigenvalue weighted by molar-refractivity contribution is 5.92. The third kappa shape index (κ3) is 1.00. The second kappa shape index (κ2) is 2.94. The van der Waals surface area contributed by atoms with Crippen molar-refractivity contribution in [3.8, 4) is 0 Å². The van der Waals surface area contributed by atoms with Gasteiger partial charge >= 0.3 is 0 Å². The molecule has 0 bridgehead atoms. The smallest absolute Gasteiger partial charge is 0.144 e. The summed E-state index contributed by atoms with van der Waals surface area (Å²) in [6, 6.07) is 0. The summed E-state index contributed by atoms with van der Waals surface area (Å²) < 4.78 is 5.23. The number of ketones is 1. The number of rotatable bonds is 3. The molecule has 64 valence electrons. The maximum Gasteiger partial charge on any atom is 0.144 e. The van der Waals surface area contributed by atoms with Crippen LogP contribution in [0, 0.1) is 5.41 Å². The molecule has 0 spiro atoms. The minimum absolute atomic E-state index is 0.130. The van der Waals surface area contributed by atoms with Crippen molar-refractivity contribution >= 4 is 5.78 Å². The molecule has 2 heteroatoms. The van der Waals surface area contributed by atoms with Crippen LogP contribution in [0.1, 0.15) is 33.1 Å². The Labute approximate surface area is 67.9 Å². The van der Waals surface area contributed by atoms with Crippen molar-refractivity contribution in [1.82, 2.24) is 0 Å². The summed E-state index contributed by atoms with van der Waals surface area (Å²) in [6.07, 6.45) is 2.64. The highest BCUT2D eigenvalue weighted by Gasteiger charge is 2.52. The van der Waals surface area contributed by atoms with Crippen molar-refractivity contribution in [2.24, 2.45) is 5.41 Å². The number of carbonyl (C=O) groups is 1. The maximum atomic E-state index is 11.3. The predicted octanol–water partition coefficient (Wildman–Crippen LogP) is 1.78. The maximum absolute atomic E-state index is 11.3. The molecule has 0 aromatic rings. The minimum atomic E-state index is -0.130. The van der Waals surface area contributed by atoms with Crippen LogP contribution in [0.3, 0.4) is 0 Å². The second-order valence-corrected chi connectivity index (χ2v) is 3.21. The molecule has 0 aliphatic heterocycles. The zero-order chi connectivity index (χ0) is 8.48. The first kappa shape index (κ1) is 8.72. The monoisotopic (exact) mass is 156 g/mol. The van der Waals surface area contributed by atoms with Gasteiger partial charge in [0.05, 0.1) is 11.5 Å². The van der Waals surface area contributed by atoms with Crippen LogP contribution in [0.25, 0.3) is 0 Å². The average molecular weight is 156 g/mol. The Morgan fingerprint density at radius 1 is 1.55 bits per heavy atom. The standard InChI is InChI=1S/C9H16O2/c1-4-9(5-2)7(10)6-8(9)11-3/h8H,4-6H2,1-3H3/t8-/m0/s1. The van der Waals surface area contributed by atoms with Gasteiger partial charge in [-0.15, -0.1) is 0 Å². The van der Waals surface area contributed by atoms with Gasteiger partial charge < -0.3 is 4.74 Å². The highest BCUT2D eigenvalue weighted by atomic mass is 16.5. The van der Waals surface area contributed by atoms with Crippen molar-refractivity contribution in [1.29, 1.82) is 0 Å². The molecule has 0 aromatic carbocycles. The van der Waals surface area contributed by atoms with E-state index in [1.807, 2.05) is 0 Å². The van der Waals surface area contributed by atoms with E-state index in [1.165, 1.54) is 0 Å². The quantitative estimate of drug-likeness (QED) is 0.622. The molecule has 1 aliphatic carbocycles. The Morgan fingerprint density at radius 3 is 2.27 bits per heavy atom. The Bertz CT molecular complexity index is 159. The summed E-state index contributed by atoms with van der Waals surface area (Å²) >= 11 is 0. The molecule has 1 aliphatic rings. The fraction of sp³-hybridized carbons (Fsp3) is 0.889. The lowest BCUT2D eigenvalue weighted by molar-refractivity contribution is -0.160. The molecule has 0 aromatic heterocycles. The Kier molecular flexibility index (Phi) is 2.33. The van der Waals surface area contributed by atoms with E-state index >= 15 is 0 Å². The molecule has 1 rings (SSSR count). The first-order valence-electron chi connectivity index (χ1n) is 4.27. The topological polar surface area (TPSA) is 26.3 Å². The molecule has 0 saturated heterocycles. The van der Waals surface area contributed by atoms with Gasteiger partial charge in [0.15, 0.2) is 0 Å². The molecule has 11 heavy (non-hydrogen) atoms. The highest BCUT2D eigenvalue weighted by Crippen LogP contribution is 2.44. The molecule has 0 radical (unpaired) electrons. The lowest BCUT2D eigenvalue weighted by Gasteiger charge is -2.45. The molecule has 1 fully saturated rings. The van der Waals surface area contributed by atoms with E-state index in [0.29, 0.717) is 12.2 Å². The van der Waals surface area contributed by atoms with Crippen LogP contribution < -0.4 is 0 Å². The largest absolute Gasteiger partial charge is 0.380 e. The van der Waals surface area contributed by atoms with E-state index in [9.17, 15) is 4.79 Å². The number of Topliss-reactive ketones (excluding diaryl/α,β-unsaturated/α-hetero) is 1. The normalized spacial score (nSPS) is 28.3. The lowest BCUT2D eigenvalue weighted by Crippen LogP contribution is -2.54. The zero-order valence-corrected chi connectivity index (χ0v) is 7.52. The number of hydrogen-bond donors (Lipinski definition) is 0. The second-order valence-electron chi connectivity index (χ2n) is 3.21. The van der Waals surface area contributed by atoms with Gasteiger partial charge in [-0.25, -0.2) is 0 Å². The molecular formula is C9H16O2. The van der Waals surface area contributed by atoms with Gasteiger partial charge in [0, 0.05) is 13.5 Å².